The van der Waals surface area contributed by atoms with E-state index in [0.29, 0.717) is 32.1 Å². The van der Waals surface area contributed by atoms with Crippen molar-refractivity contribution in [2.45, 2.75) is 31.8 Å². The summed E-state index contributed by atoms with van der Waals surface area (Å²) in [6.07, 6.45) is 1.19. The molecule has 0 saturated heterocycles. The number of anilines is 1. The Balaban J connectivity index is 1.47. The molecule has 0 fully saturated rings. The fourth-order valence-electron chi connectivity index (χ4n) is 3.76. The standard InChI is InChI=1S/C29H25Cl3N4O5S/c1-18-3-11-25(12-4-18)42(39,40)36(16-20-6-8-21(30)13-26(20)32)17-24-10-9-23(41-24)15-33-35-29(38)28(37)34-27-14-22(31)7-5-19(27)2/h3-15H,16-17H2,1-2H3,(H,34,37)(H,35,38)/b33-15+. The first-order chi connectivity index (χ1) is 19.9. The van der Waals surface area contributed by atoms with Gasteiger partial charge in [0, 0.05) is 27.3 Å². The van der Waals surface area contributed by atoms with Crippen LogP contribution in [0.5, 0.6) is 0 Å². The highest BCUT2D eigenvalue weighted by Crippen LogP contribution is 2.27. The fraction of sp³-hybridized carbons (Fsp3) is 0.138. The number of hydrazone groups is 1. The molecule has 3 aromatic carbocycles. The molecular formula is C29H25Cl3N4O5S. The predicted molar refractivity (Wildman–Crippen MR) is 163 cm³/mol. The summed E-state index contributed by atoms with van der Waals surface area (Å²) in [6.45, 7) is 3.45. The number of hydrogen-bond donors (Lipinski definition) is 2. The third kappa shape index (κ3) is 7.99. The third-order valence-electron chi connectivity index (χ3n) is 6.05. The number of nitrogens with one attached hydrogen (secondary N) is 2. The second-order valence-corrected chi connectivity index (χ2v) is 12.5. The van der Waals surface area contributed by atoms with Crippen molar-refractivity contribution in [1.29, 1.82) is 0 Å². The fourth-order valence-corrected chi connectivity index (χ4v) is 5.79. The normalized spacial score (nSPS) is 11.7. The van der Waals surface area contributed by atoms with E-state index in [4.69, 9.17) is 39.2 Å². The van der Waals surface area contributed by atoms with Gasteiger partial charge in [-0.15, -0.1) is 0 Å². The molecule has 2 N–H and O–H groups in total. The molecule has 42 heavy (non-hydrogen) atoms. The predicted octanol–water partition coefficient (Wildman–Crippen LogP) is 6.34. The van der Waals surface area contributed by atoms with E-state index < -0.39 is 21.8 Å². The second kappa shape index (κ2) is 13.5. The third-order valence-corrected chi connectivity index (χ3v) is 8.68. The SMILES string of the molecule is Cc1ccc(S(=O)(=O)N(Cc2ccc(/C=N/NC(=O)C(=O)Nc3cc(Cl)ccc3C)o2)Cc2ccc(Cl)cc2Cl)cc1. The van der Waals surface area contributed by atoms with Gasteiger partial charge in [-0.1, -0.05) is 64.6 Å². The molecule has 0 aliphatic heterocycles. The zero-order valence-electron chi connectivity index (χ0n) is 22.4. The van der Waals surface area contributed by atoms with E-state index in [2.05, 4.69) is 15.8 Å². The zero-order chi connectivity index (χ0) is 30.4. The molecule has 0 radical (unpaired) electrons. The lowest BCUT2D eigenvalue weighted by Crippen LogP contribution is -2.32. The maximum absolute atomic E-state index is 13.6. The van der Waals surface area contributed by atoms with Crippen LogP contribution in [0.4, 0.5) is 5.69 Å². The number of rotatable bonds is 9. The van der Waals surface area contributed by atoms with Gasteiger partial charge in [-0.2, -0.15) is 9.41 Å². The monoisotopic (exact) mass is 646 g/mol. The first kappa shape index (κ1) is 31.3. The van der Waals surface area contributed by atoms with Crippen LogP contribution >= 0.6 is 34.8 Å². The van der Waals surface area contributed by atoms with E-state index in [-0.39, 0.29) is 23.7 Å². The molecular weight excluding hydrogens is 623 g/mol. The molecule has 0 saturated carbocycles. The molecule has 1 aromatic heterocycles. The van der Waals surface area contributed by atoms with Gasteiger partial charge in [0.25, 0.3) is 0 Å². The Hall–Kier alpha value is -3.67. The van der Waals surface area contributed by atoms with E-state index in [1.165, 1.54) is 28.7 Å². The van der Waals surface area contributed by atoms with Crippen LogP contribution in [0.2, 0.25) is 15.1 Å². The summed E-state index contributed by atoms with van der Waals surface area (Å²) in [5, 5.41) is 7.39. The van der Waals surface area contributed by atoms with Crippen LogP contribution < -0.4 is 10.7 Å². The van der Waals surface area contributed by atoms with Gasteiger partial charge in [0.2, 0.25) is 10.0 Å². The molecule has 0 aliphatic carbocycles. The maximum atomic E-state index is 13.6. The highest BCUT2D eigenvalue weighted by molar-refractivity contribution is 7.89. The van der Waals surface area contributed by atoms with E-state index in [0.717, 1.165) is 11.1 Å². The van der Waals surface area contributed by atoms with Gasteiger partial charge in [-0.25, -0.2) is 13.8 Å². The van der Waals surface area contributed by atoms with Crippen molar-refractivity contribution in [3.8, 4) is 0 Å². The smallest absolute Gasteiger partial charge is 0.329 e. The molecule has 2 amide bonds. The van der Waals surface area contributed by atoms with Crippen LogP contribution in [0.25, 0.3) is 0 Å². The summed E-state index contributed by atoms with van der Waals surface area (Å²) in [4.78, 5) is 24.5. The summed E-state index contributed by atoms with van der Waals surface area (Å²) in [6, 6.07) is 19.4. The van der Waals surface area contributed by atoms with Crippen molar-refractivity contribution in [2.75, 3.05) is 5.32 Å². The lowest BCUT2D eigenvalue weighted by atomic mass is 10.2. The average Bonchev–Trinajstić information content (AvgIpc) is 3.39. The molecule has 1 heterocycles. The summed E-state index contributed by atoms with van der Waals surface area (Å²) >= 11 is 18.3. The topological polar surface area (TPSA) is 121 Å². The molecule has 0 unspecified atom stereocenters. The van der Waals surface area contributed by atoms with Crippen molar-refractivity contribution in [3.05, 3.63) is 116 Å². The molecule has 0 spiro atoms. The van der Waals surface area contributed by atoms with Crippen molar-refractivity contribution in [1.82, 2.24) is 9.73 Å². The summed E-state index contributed by atoms with van der Waals surface area (Å²) in [7, 11) is -3.96. The van der Waals surface area contributed by atoms with Crippen LogP contribution in [-0.2, 0) is 32.7 Å². The largest absolute Gasteiger partial charge is 0.459 e. The highest BCUT2D eigenvalue weighted by atomic mass is 35.5. The number of amides is 2. The van der Waals surface area contributed by atoms with Crippen molar-refractivity contribution >= 4 is 68.5 Å². The molecule has 4 rings (SSSR count). The van der Waals surface area contributed by atoms with E-state index in [1.807, 2.05) is 6.92 Å². The van der Waals surface area contributed by atoms with Crippen LogP contribution in [0, 0.1) is 13.8 Å². The Kier molecular flexibility index (Phi) is 10.1. The number of hydrogen-bond acceptors (Lipinski definition) is 6. The van der Waals surface area contributed by atoms with Gasteiger partial charge in [-0.05, 0) is 73.5 Å². The molecule has 9 nitrogen and oxygen atoms in total. The lowest BCUT2D eigenvalue weighted by Gasteiger charge is -2.22. The maximum Gasteiger partial charge on any atom is 0.329 e. The van der Waals surface area contributed by atoms with Gasteiger partial charge < -0.3 is 9.73 Å². The minimum absolute atomic E-state index is 0.0480. The number of furan rings is 1. The first-order valence-corrected chi connectivity index (χ1v) is 15.0. The number of aryl methyl sites for hydroxylation is 2. The van der Waals surface area contributed by atoms with Gasteiger partial charge in [0.15, 0.2) is 0 Å². The van der Waals surface area contributed by atoms with Gasteiger partial charge in [0.05, 0.1) is 17.7 Å². The lowest BCUT2D eigenvalue weighted by molar-refractivity contribution is -0.136. The second-order valence-electron chi connectivity index (χ2n) is 9.24. The minimum Gasteiger partial charge on any atom is -0.459 e. The van der Waals surface area contributed by atoms with Gasteiger partial charge in [0.1, 0.15) is 11.5 Å². The average molecular weight is 648 g/mol. The summed E-state index contributed by atoms with van der Waals surface area (Å²) < 4.78 is 34.2. The van der Waals surface area contributed by atoms with Crippen LogP contribution in [-0.4, -0.2) is 30.8 Å². The Morgan fingerprint density at radius 1 is 0.881 bits per heavy atom. The Bertz CT molecular complexity index is 1760. The number of halogens is 3. The molecule has 0 bridgehead atoms. The van der Waals surface area contributed by atoms with Gasteiger partial charge in [-0.3, -0.25) is 9.59 Å². The first-order valence-electron chi connectivity index (χ1n) is 12.4. The Morgan fingerprint density at radius 2 is 1.57 bits per heavy atom. The summed E-state index contributed by atoms with van der Waals surface area (Å²) in [5.41, 5.74) is 4.72. The highest BCUT2D eigenvalue weighted by Gasteiger charge is 2.27. The van der Waals surface area contributed by atoms with Gasteiger partial charge >= 0.3 is 11.8 Å². The molecule has 0 aliphatic rings. The van der Waals surface area contributed by atoms with Crippen molar-refractivity contribution < 1.29 is 22.4 Å². The number of sulfonamides is 1. The number of benzene rings is 3. The summed E-state index contributed by atoms with van der Waals surface area (Å²) in [5.74, 6) is -1.42. The van der Waals surface area contributed by atoms with E-state index in [9.17, 15) is 18.0 Å². The van der Waals surface area contributed by atoms with Crippen molar-refractivity contribution in [2.24, 2.45) is 5.10 Å². The van der Waals surface area contributed by atoms with E-state index in [1.54, 1.807) is 61.5 Å². The zero-order valence-corrected chi connectivity index (χ0v) is 25.5. The van der Waals surface area contributed by atoms with Crippen LogP contribution in [0.15, 0.2) is 87.2 Å². The number of carbonyl (C=O) groups excluding carboxylic acids is 2. The Morgan fingerprint density at radius 3 is 2.29 bits per heavy atom. The Labute approximate surface area is 258 Å². The quantitative estimate of drug-likeness (QED) is 0.125. The van der Waals surface area contributed by atoms with E-state index >= 15 is 0 Å². The molecule has 218 valence electrons. The van der Waals surface area contributed by atoms with Crippen LogP contribution in [0.1, 0.15) is 28.2 Å². The van der Waals surface area contributed by atoms with Crippen molar-refractivity contribution in [3.63, 3.8) is 0 Å². The van der Waals surface area contributed by atoms with Crippen LogP contribution in [0.3, 0.4) is 0 Å². The molecule has 13 heteroatoms. The molecule has 4 aromatic rings. The minimum atomic E-state index is -3.96. The number of nitrogens with zero attached hydrogens (tertiary/aromatic N) is 2. The molecule has 0 atom stereocenters. The number of carbonyl (C=O) groups is 2.